The van der Waals surface area contributed by atoms with Crippen LogP contribution in [0.3, 0.4) is 0 Å². The molecule has 1 spiro atoms. The number of fused-ring (bicyclic) bond motifs is 2. The maximum atomic E-state index is 13.1. The van der Waals surface area contributed by atoms with Crippen LogP contribution in [0.25, 0.3) is 0 Å². The molecule has 1 amide bonds. The van der Waals surface area contributed by atoms with E-state index in [1.165, 1.54) is 7.11 Å². The monoisotopic (exact) mass is 434 g/mol. The third-order valence-electron chi connectivity index (χ3n) is 6.61. The number of anilines is 2. The Morgan fingerprint density at radius 2 is 2.00 bits per heavy atom. The van der Waals surface area contributed by atoms with Crippen molar-refractivity contribution in [2.75, 3.05) is 25.6 Å². The van der Waals surface area contributed by atoms with Gasteiger partial charge in [0.15, 0.2) is 5.96 Å². The summed E-state index contributed by atoms with van der Waals surface area (Å²) in [6.45, 7) is 1.25. The molecule has 0 bridgehead atoms. The summed E-state index contributed by atoms with van der Waals surface area (Å²) < 4.78 is 10.2. The molecule has 1 aliphatic carbocycles. The number of rotatable bonds is 4. The number of benzene rings is 2. The highest BCUT2D eigenvalue weighted by molar-refractivity contribution is 6.00. The van der Waals surface area contributed by atoms with Crippen LogP contribution in [0.2, 0.25) is 0 Å². The largest absolute Gasteiger partial charge is 0.465 e. The maximum absolute atomic E-state index is 13.1. The average molecular weight is 434 g/mol. The van der Waals surface area contributed by atoms with Crippen LogP contribution >= 0.6 is 0 Å². The first-order valence-corrected chi connectivity index (χ1v) is 10.8. The molecular weight excluding hydrogens is 408 g/mol. The number of guanidine groups is 1. The van der Waals surface area contributed by atoms with E-state index in [0.29, 0.717) is 31.6 Å². The molecule has 2 heterocycles. The van der Waals surface area contributed by atoms with Crippen molar-refractivity contribution in [3.05, 3.63) is 59.2 Å². The van der Waals surface area contributed by atoms with Gasteiger partial charge in [-0.3, -0.25) is 15.1 Å². The number of carbonyl (C=O) groups is 2. The van der Waals surface area contributed by atoms with Crippen molar-refractivity contribution in [1.82, 2.24) is 10.2 Å². The van der Waals surface area contributed by atoms with E-state index >= 15 is 0 Å². The Hall–Kier alpha value is -3.39. The van der Waals surface area contributed by atoms with Gasteiger partial charge in [-0.15, -0.1) is 0 Å². The van der Waals surface area contributed by atoms with E-state index in [2.05, 4.69) is 10.6 Å². The summed E-state index contributed by atoms with van der Waals surface area (Å²) in [4.78, 5) is 26.5. The first-order valence-electron chi connectivity index (χ1n) is 10.8. The highest BCUT2D eigenvalue weighted by Gasteiger charge is 2.51. The predicted molar refractivity (Wildman–Crippen MR) is 119 cm³/mol. The number of methoxy groups -OCH3 is 1. The summed E-state index contributed by atoms with van der Waals surface area (Å²) in [6.07, 6.45) is 2.51. The molecular formula is C24H26N4O4. The lowest BCUT2D eigenvalue weighted by atomic mass is 9.67. The van der Waals surface area contributed by atoms with Gasteiger partial charge in [0.05, 0.1) is 24.6 Å². The normalized spacial score (nSPS) is 22.7. The van der Waals surface area contributed by atoms with Crippen molar-refractivity contribution in [1.29, 1.82) is 5.41 Å². The van der Waals surface area contributed by atoms with Gasteiger partial charge >= 0.3 is 5.97 Å². The van der Waals surface area contributed by atoms with Gasteiger partial charge in [-0.1, -0.05) is 18.2 Å². The Kier molecular flexibility index (Phi) is 5.09. The predicted octanol–water partition coefficient (Wildman–Crippen LogP) is 2.90. The van der Waals surface area contributed by atoms with E-state index < -0.39 is 5.54 Å². The van der Waals surface area contributed by atoms with Gasteiger partial charge in [-0.2, -0.15) is 0 Å². The molecule has 2 aromatic carbocycles. The topological polar surface area (TPSA) is 104 Å². The molecule has 2 aliphatic heterocycles. The fourth-order valence-corrected chi connectivity index (χ4v) is 5.03. The Labute approximate surface area is 186 Å². The fourth-order valence-electron chi connectivity index (χ4n) is 5.03. The molecule has 2 saturated heterocycles. The Morgan fingerprint density at radius 3 is 2.75 bits per heavy atom. The van der Waals surface area contributed by atoms with Crippen LogP contribution in [0.1, 0.15) is 40.7 Å². The van der Waals surface area contributed by atoms with E-state index in [4.69, 9.17) is 14.9 Å². The molecule has 8 nitrogen and oxygen atoms in total. The first kappa shape index (κ1) is 20.5. The zero-order valence-corrected chi connectivity index (χ0v) is 17.9. The van der Waals surface area contributed by atoms with Crippen LogP contribution in [-0.4, -0.2) is 49.1 Å². The summed E-state index contributed by atoms with van der Waals surface area (Å²) in [6, 6.07) is 13.2. The summed E-state index contributed by atoms with van der Waals surface area (Å²) in [5.41, 5.74) is 3.82. The maximum Gasteiger partial charge on any atom is 0.337 e. The molecule has 166 valence electrons. The number of nitrogens with zero attached hydrogens (tertiary/aromatic N) is 1. The van der Waals surface area contributed by atoms with Gasteiger partial charge in [-0.25, -0.2) is 4.79 Å². The van der Waals surface area contributed by atoms with Gasteiger partial charge < -0.3 is 20.1 Å². The quantitative estimate of drug-likeness (QED) is 0.640. The zero-order valence-electron chi connectivity index (χ0n) is 17.9. The van der Waals surface area contributed by atoms with E-state index in [0.717, 1.165) is 35.3 Å². The third kappa shape index (κ3) is 3.40. The van der Waals surface area contributed by atoms with Gasteiger partial charge in [0.2, 0.25) is 5.91 Å². The number of esters is 1. The Morgan fingerprint density at radius 1 is 1.22 bits per heavy atom. The molecule has 1 atom stereocenters. The fraction of sp³-hybridized carbons (Fsp3) is 0.375. The third-order valence-corrected chi connectivity index (χ3v) is 6.61. The zero-order chi connectivity index (χ0) is 22.3. The number of amides is 1. The van der Waals surface area contributed by atoms with Gasteiger partial charge in [0, 0.05) is 37.1 Å². The number of nitrogens with one attached hydrogen (secondary N) is 3. The molecule has 5 rings (SSSR count). The standard InChI is InChI=1S/C24H26N4O4/c1-31-22(30)15-4-2-5-16(12-15)26-20-7-3-6-19-18(20)13-24(19)14-21(29)28(23(25)27-24)17-8-10-32-11-9-17/h2-7,12,17,26H,8-11,13-14H2,1H3,(H2,25,27)/t24-/m0/s1. The highest BCUT2D eigenvalue weighted by Crippen LogP contribution is 2.47. The number of hydrogen-bond acceptors (Lipinski definition) is 6. The molecule has 2 fully saturated rings. The number of ether oxygens (including phenoxy) is 2. The van der Waals surface area contributed by atoms with Gasteiger partial charge in [0.25, 0.3) is 0 Å². The second-order valence-electron chi connectivity index (χ2n) is 8.55. The van der Waals surface area contributed by atoms with Crippen LogP contribution < -0.4 is 10.6 Å². The Balaban J connectivity index is 1.36. The van der Waals surface area contributed by atoms with Crippen LogP contribution in [0.4, 0.5) is 11.4 Å². The number of carbonyl (C=O) groups excluding carboxylic acids is 2. The summed E-state index contributed by atoms with van der Waals surface area (Å²) in [7, 11) is 1.36. The summed E-state index contributed by atoms with van der Waals surface area (Å²) >= 11 is 0. The summed E-state index contributed by atoms with van der Waals surface area (Å²) in [5.74, 6) is -0.204. The van der Waals surface area contributed by atoms with E-state index in [1.807, 2.05) is 24.3 Å². The minimum atomic E-state index is -0.531. The minimum Gasteiger partial charge on any atom is -0.465 e. The van der Waals surface area contributed by atoms with Crippen molar-refractivity contribution in [2.24, 2.45) is 0 Å². The molecule has 3 N–H and O–H groups in total. The second kappa shape index (κ2) is 7.94. The molecule has 8 heteroatoms. The lowest BCUT2D eigenvalue weighted by molar-refractivity contribution is -0.134. The number of hydrogen-bond donors (Lipinski definition) is 3. The molecule has 2 aromatic rings. The van der Waals surface area contributed by atoms with Crippen LogP contribution in [-0.2, 0) is 26.2 Å². The average Bonchev–Trinajstić information content (AvgIpc) is 2.79. The van der Waals surface area contributed by atoms with Crippen LogP contribution in [0.5, 0.6) is 0 Å². The molecule has 0 unspecified atom stereocenters. The van der Waals surface area contributed by atoms with E-state index in [1.54, 1.807) is 23.1 Å². The van der Waals surface area contributed by atoms with Crippen LogP contribution in [0.15, 0.2) is 42.5 Å². The SMILES string of the molecule is COC(=O)c1cccc(Nc2cccc3c2C[C@]32CC(=O)N(C3CCOCC3)C(=N)N2)c1. The minimum absolute atomic E-state index is 0.00422. The highest BCUT2D eigenvalue weighted by atomic mass is 16.5. The van der Waals surface area contributed by atoms with Gasteiger partial charge in [-0.05, 0) is 48.2 Å². The summed E-state index contributed by atoms with van der Waals surface area (Å²) in [5, 5.41) is 15.3. The smallest absolute Gasteiger partial charge is 0.337 e. The lowest BCUT2D eigenvalue weighted by Crippen LogP contribution is -2.66. The van der Waals surface area contributed by atoms with Crippen molar-refractivity contribution in [2.45, 2.75) is 37.3 Å². The van der Waals surface area contributed by atoms with E-state index in [-0.39, 0.29) is 23.9 Å². The van der Waals surface area contributed by atoms with Crippen molar-refractivity contribution >= 4 is 29.2 Å². The molecule has 0 saturated carbocycles. The van der Waals surface area contributed by atoms with Crippen molar-refractivity contribution in [3.8, 4) is 0 Å². The van der Waals surface area contributed by atoms with Crippen molar-refractivity contribution in [3.63, 3.8) is 0 Å². The molecule has 3 aliphatic rings. The second-order valence-corrected chi connectivity index (χ2v) is 8.55. The molecule has 0 radical (unpaired) electrons. The first-order chi connectivity index (χ1) is 15.5. The van der Waals surface area contributed by atoms with Crippen LogP contribution in [0, 0.1) is 5.41 Å². The molecule has 0 aromatic heterocycles. The van der Waals surface area contributed by atoms with Crippen molar-refractivity contribution < 1.29 is 19.1 Å². The lowest BCUT2D eigenvalue weighted by Gasteiger charge is -2.51. The van der Waals surface area contributed by atoms with E-state index in [9.17, 15) is 9.59 Å². The molecule has 32 heavy (non-hydrogen) atoms. The Bertz CT molecular complexity index is 1080. The van der Waals surface area contributed by atoms with Gasteiger partial charge in [0.1, 0.15) is 0 Å².